The Kier molecular flexibility index (Phi) is 3.99. The number of hydrogen-bond acceptors (Lipinski definition) is 3. The van der Waals surface area contributed by atoms with Gasteiger partial charge in [-0.1, -0.05) is 24.3 Å². The van der Waals surface area contributed by atoms with E-state index >= 15 is 0 Å². The highest BCUT2D eigenvalue weighted by Gasteiger charge is 2.32. The minimum absolute atomic E-state index is 0.00569. The van der Waals surface area contributed by atoms with Crippen LogP contribution in [0.4, 0.5) is 0 Å². The molecule has 1 aromatic carbocycles. The summed E-state index contributed by atoms with van der Waals surface area (Å²) in [6.45, 7) is 2.52. The molecule has 0 aliphatic carbocycles. The molecule has 0 bridgehead atoms. The highest BCUT2D eigenvalue weighted by atomic mass is 16.3. The standard InChI is InChI=1S/C14H19NO3/c1-10-4-2-3-5-11(10)6-7-14(18)15-8-12(16)13(17)9-15/h2-5,12-13,16-17H,6-9H2,1H3. The van der Waals surface area contributed by atoms with Gasteiger partial charge in [0.25, 0.3) is 0 Å². The number of rotatable bonds is 3. The first kappa shape index (κ1) is 13.1. The Hall–Kier alpha value is -1.39. The Balaban J connectivity index is 1.88. The van der Waals surface area contributed by atoms with E-state index in [1.807, 2.05) is 31.2 Å². The molecule has 2 unspecified atom stereocenters. The van der Waals surface area contributed by atoms with E-state index in [4.69, 9.17) is 0 Å². The van der Waals surface area contributed by atoms with Crippen LogP contribution in [-0.4, -0.2) is 46.3 Å². The topological polar surface area (TPSA) is 60.8 Å². The lowest BCUT2D eigenvalue weighted by Crippen LogP contribution is -2.30. The third-order valence-electron chi connectivity index (χ3n) is 3.48. The van der Waals surface area contributed by atoms with Crippen LogP contribution in [0.1, 0.15) is 17.5 Å². The van der Waals surface area contributed by atoms with Crippen LogP contribution in [0.25, 0.3) is 0 Å². The van der Waals surface area contributed by atoms with E-state index in [0.717, 1.165) is 0 Å². The maximum absolute atomic E-state index is 11.9. The molecule has 1 aromatic rings. The van der Waals surface area contributed by atoms with Crippen LogP contribution >= 0.6 is 0 Å². The smallest absolute Gasteiger partial charge is 0.223 e. The zero-order valence-electron chi connectivity index (χ0n) is 10.5. The van der Waals surface area contributed by atoms with Crippen molar-refractivity contribution in [2.24, 2.45) is 0 Å². The van der Waals surface area contributed by atoms with Crippen LogP contribution in [-0.2, 0) is 11.2 Å². The molecule has 2 rings (SSSR count). The summed E-state index contributed by atoms with van der Waals surface area (Å²) in [4.78, 5) is 13.5. The average molecular weight is 249 g/mol. The molecule has 1 heterocycles. The predicted molar refractivity (Wildman–Crippen MR) is 68.1 cm³/mol. The van der Waals surface area contributed by atoms with Crippen molar-refractivity contribution in [1.29, 1.82) is 0 Å². The highest BCUT2D eigenvalue weighted by Crippen LogP contribution is 2.14. The van der Waals surface area contributed by atoms with Gasteiger partial charge >= 0.3 is 0 Å². The number of benzene rings is 1. The summed E-state index contributed by atoms with van der Waals surface area (Å²) in [6, 6.07) is 8.00. The molecule has 0 radical (unpaired) electrons. The molecule has 1 aliphatic heterocycles. The van der Waals surface area contributed by atoms with Crippen molar-refractivity contribution in [1.82, 2.24) is 4.90 Å². The van der Waals surface area contributed by atoms with Crippen molar-refractivity contribution >= 4 is 5.91 Å². The Morgan fingerprint density at radius 2 is 1.89 bits per heavy atom. The molecular weight excluding hydrogens is 230 g/mol. The molecule has 18 heavy (non-hydrogen) atoms. The van der Waals surface area contributed by atoms with E-state index in [9.17, 15) is 15.0 Å². The number of aliphatic hydroxyl groups is 2. The van der Waals surface area contributed by atoms with Crippen LogP contribution in [0, 0.1) is 6.92 Å². The van der Waals surface area contributed by atoms with E-state index < -0.39 is 12.2 Å². The highest BCUT2D eigenvalue weighted by molar-refractivity contribution is 5.77. The summed E-state index contributed by atoms with van der Waals surface area (Å²) in [5, 5.41) is 18.8. The summed E-state index contributed by atoms with van der Waals surface area (Å²) in [5.74, 6) is -0.00569. The first-order valence-corrected chi connectivity index (χ1v) is 6.26. The number of nitrogens with zero attached hydrogens (tertiary/aromatic N) is 1. The Bertz CT molecular complexity index is 423. The molecule has 0 aromatic heterocycles. The van der Waals surface area contributed by atoms with E-state index in [-0.39, 0.29) is 19.0 Å². The van der Waals surface area contributed by atoms with E-state index in [2.05, 4.69) is 0 Å². The zero-order chi connectivity index (χ0) is 13.1. The number of β-amino-alcohol motifs (C(OH)–C–C–N with tert-alkyl or cyclic N) is 2. The molecule has 1 amide bonds. The fourth-order valence-corrected chi connectivity index (χ4v) is 2.26. The number of aryl methyl sites for hydroxylation is 2. The van der Waals surface area contributed by atoms with Gasteiger partial charge in [-0.25, -0.2) is 0 Å². The van der Waals surface area contributed by atoms with E-state index in [1.54, 1.807) is 0 Å². The van der Waals surface area contributed by atoms with Crippen molar-refractivity contribution in [2.45, 2.75) is 32.0 Å². The molecule has 2 atom stereocenters. The Morgan fingerprint density at radius 1 is 1.28 bits per heavy atom. The number of carbonyl (C=O) groups excluding carboxylic acids is 1. The third kappa shape index (κ3) is 2.89. The molecule has 1 saturated heterocycles. The quantitative estimate of drug-likeness (QED) is 0.819. The largest absolute Gasteiger partial charge is 0.388 e. The van der Waals surface area contributed by atoms with E-state index in [1.165, 1.54) is 16.0 Å². The van der Waals surface area contributed by atoms with Gasteiger partial charge in [0.1, 0.15) is 0 Å². The molecule has 4 heteroatoms. The number of hydrogen-bond donors (Lipinski definition) is 2. The third-order valence-corrected chi connectivity index (χ3v) is 3.48. The fraction of sp³-hybridized carbons (Fsp3) is 0.500. The summed E-state index contributed by atoms with van der Waals surface area (Å²) in [7, 11) is 0. The first-order chi connectivity index (χ1) is 8.58. The first-order valence-electron chi connectivity index (χ1n) is 6.26. The van der Waals surface area contributed by atoms with Crippen molar-refractivity contribution < 1.29 is 15.0 Å². The maximum Gasteiger partial charge on any atom is 0.223 e. The van der Waals surface area contributed by atoms with Gasteiger partial charge in [-0.3, -0.25) is 4.79 Å². The summed E-state index contributed by atoms with van der Waals surface area (Å²) in [5.41, 5.74) is 2.36. The van der Waals surface area contributed by atoms with Crippen molar-refractivity contribution in [3.05, 3.63) is 35.4 Å². The molecule has 0 spiro atoms. The number of amides is 1. The zero-order valence-corrected chi connectivity index (χ0v) is 10.5. The second-order valence-corrected chi connectivity index (χ2v) is 4.86. The lowest BCUT2D eigenvalue weighted by Gasteiger charge is -2.15. The van der Waals surface area contributed by atoms with Crippen LogP contribution in [0.2, 0.25) is 0 Å². The van der Waals surface area contributed by atoms with Crippen LogP contribution < -0.4 is 0 Å². The second-order valence-electron chi connectivity index (χ2n) is 4.86. The van der Waals surface area contributed by atoms with Crippen molar-refractivity contribution in [3.63, 3.8) is 0 Å². The summed E-state index contributed by atoms with van der Waals surface area (Å²) >= 11 is 0. The summed E-state index contributed by atoms with van der Waals surface area (Å²) in [6.07, 6.45) is -0.474. The molecular formula is C14H19NO3. The van der Waals surface area contributed by atoms with Gasteiger partial charge in [-0.2, -0.15) is 0 Å². The average Bonchev–Trinajstić information content (AvgIpc) is 2.68. The molecule has 4 nitrogen and oxygen atoms in total. The Labute approximate surface area is 107 Å². The van der Waals surface area contributed by atoms with E-state index in [0.29, 0.717) is 12.8 Å². The van der Waals surface area contributed by atoms with Crippen LogP contribution in [0.5, 0.6) is 0 Å². The number of carbonyl (C=O) groups is 1. The number of likely N-dealkylation sites (tertiary alicyclic amines) is 1. The maximum atomic E-state index is 11.9. The lowest BCUT2D eigenvalue weighted by molar-refractivity contribution is -0.130. The monoisotopic (exact) mass is 249 g/mol. The van der Waals surface area contributed by atoms with Crippen LogP contribution in [0.15, 0.2) is 24.3 Å². The lowest BCUT2D eigenvalue weighted by atomic mass is 10.0. The SMILES string of the molecule is Cc1ccccc1CCC(=O)N1CC(O)C(O)C1. The van der Waals surface area contributed by atoms with Gasteiger partial charge < -0.3 is 15.1 Å². The minimum Gasteiger partial charge on any atom is -0.388 e. The van der Waals surface area contributed by atoms with Gasteiger partial charge in [0, 0.05) is 19.5 Å². The van der Waals surface area contributed by atoms with Gasteiger partial charge in [-0.15, -0.1) is 0 Å². The molecule has 0 saturated carbocycles. The minimum atomic E-state index is -0.799. The molecule has 2 N–H and O–H groups in total. The van der Waals surface area contributed by atoms with Gasteiger partial charge in [0.05, 0.1) is 12.2 Å². The number of aliphatic hydroxyl groups excluding tert-OH is 2. The van der Waals surface area contributed by atoms with Crippen LogP contribution in [0.3, 0.4) is 0 Å². The Morgan fingerprint density at radius 3 is 2.50 bits per heavy atom. The predicted octanol–water partition coefficient (Wildman–Crippen LogP) is 0.492. The van der Waals surface area contributed by atoms with Gasteiger partial charge in [0.2, 0.25) is 5.91 Å². The van der Waals surface area contributed by atoms with Crippen molar-refractivity contribution in [2.75, 3.05) is 13.1 Å². The molecule has 1 aliphatic rings. The molecule has 98 valence electrons. The normalized spacial score (nSPS) is 23.4. The van der Waals surface area contributed by atoms with Gasteiger partial charge in [0.15, 0.2) is 0 Å². The second kappa shape index (κ2) is 5.50. The summed E-state index contributed by atoms with van der Waals surface area (Å²) < 4.78 is 0. The molecule has 1 fully saturated rings. The van der Waals surface area contributed by atoms with Crippen molar-refractivity contribution in [3.8, 4) is 0 Å². The van der Waals surface area contributed by atoms with Gasteiger partial charge in [-0.05, 0) is 24.5 Å². The fourth-order valence-electron chi connectivity index (χ4n) is 2.26.